The Hall–Kier alpha value is -1.80. The van der Waals surface area contributed by atoms with Gasteiger partial charge in [0.2, 0.25) is 15.9 Å². The van der Waals surface area contributed by atoms with Crippen LogP contribution in [0.5, 0.6) is 11.5 Å². The summed E-state index contributed by atoms with van der Waals surface area (Å²) in [5, 5.41) is 0. The largest absolute Gasteiger partial charge is 0.493 e. The molecule has 116 valence electrons. The average molecular weight is 314 g/mol. The van der Waals surface area contributed by atoms with Crippen LogP contribution < -0.4 is 14.2 Å². The molecule has 1 amide bonds. The highest BCUT2D eigenvalue weighted by Crippen LogP contribution is 2.28. The summed E-state index contributed by atoms with van der Waals surface area (Å²) in [6.45, 7) is 0.644. The van der Waals surface area contributed by atoms with Gasteiger partial charge in [-0.25, -0.2) is 13.1 Å². The standard InChI is InChI=1S/C13H18N2O5S/c1-19-11-5-3-4-6-12(11)20-10-8-15(9-10)13(16)7-14-21(2,17)18/h3-6,10,14H,7-9H2,1-2H3. The molecule has 1 heterocycles. The quantitative estimate of drug-likeness (QED) is 0.788. The molecule has 1 aliphatic heterocycles. The van der Waals surface area contributed by atoms with Crippen molar-refractivity contribution in [1.29, 1.82) is 0 Å². The monoisotopic (exact) mass is 314 g/mol. The van der Waals surface area contributed by atoms with E-state index >= 15 is 0 Å². The van der Waals surface area contributed by atoms with Gasteiger partial charge < -0.3 is 14.4 Å². The second-order valence-corrected chi connectivity index (χ2v) is 6.62. The maximum absolute atomic E-state index is 11.7. The second-order valence-electron chi connectivity index (χ2n) is 4.78. The van der Waals surface area contributed by atoms with Crippen LogP contribution in [0.2, 0.25) is 0 Å². The van der Waals surface area contributed by atoms with Crippen molar-refractivity contribution in [2.75, 3.05) is 33.0 Å². The van der Waals surface area contributed by atoms with Crippen LogP contribution in [0.3, 0.4) is 0 Å². The molecule has 1 fully saturated rings. The van der Waals surface area contributed by atoms with E-state index < -0.39 is 10.0 Å². The van der Waals surface area contributed by atoms with Crippen LogP contribution in [0.1, 0.15) is 0 Å². The molecule has 1 aliphatic rings. The van der Waals surface area contributed by atoms with Gasteiger partial charge in [-0.05, 0) is 12.1 Å². The molecule has 0 saturated carbocycles. The molecule has 0 aliphatic carbocycles. The topological polar surface area (TPSA) is 84.9 Å². The van der Waals surface area contributed by atoms with E-state index in [1.165, 1.54) is 4.90 Å². The molecule has 21 heavy (non-hydrogen) atoms. The van der Waals surface area contributed by atoms with E-state index in [1.807, 2.05) is 12.1 Å². The van der Waals surface area contributed by atoms with Crippen LogP contribution in [0, 0.1) is 0 Å². The van der Waals surface area contributed by atoms with Crippen molar-refractivity contribution in [3.05, 3.63) is 24.3 Å². The number of carbonyl (C=O) groups excluding carboxylic acids is 1. The summed E-state index contributed by atoms with van der Waals surface area (Å²) in [6, 6.07) is 7.29. The molecule has 8 heteroatoms. The molecule has 1 N–H and O–H groups in total. The van der Waals surface area contributed by atoms with Gasteiger partial charge in [-0.1, -0.05) is 12.1 Å². The number of nitrogens with zero attached hydrogens (tertiary/aromatic N) is 1. The third kappa shape index (κ3) is 4.33. The number of likely N-dealkylation sites (tertiary alicyclic amines) is 1. The molecule has 0 atom stereocenters. The number of ether oxygens (including phenoxy) is 2. The van der Waals surface area contributed by atoms with Crippen LogP contribution in [0.4, 0.5) is 0 Å². The summed E-state index contributed by atoms with van der Waals surface area (Å²) in [5.74, 6) is 1.01. The summed E-state index contributed by atoms with van der Waals surface area (Å²) < 4.78 is 34.9. The van der Waals surface area contributed by atoms with Crippen molar-refractivity contribution in [1.82, 2.24) is 9.62 Å². The van der Waals surface area contributed by atoms with Crippen LogP contribution in [0.15, 0.2) is 24.3 Å². The molecule has 2 rings (SSSR count). The van der Waals surface area contributed by atoms with Crippen molar-refractivity contribution in [2.24, 2.45) is 0 Å². The summed E-state index contributed by atoms with van der Waals surface area (Å²) in [5.41, 5.74) is 0. The number of hydrogen-bond donors (Lipinski definition) is 1. The highest BCUT2D eigenvalue weighted by atomic mass is 32.2. The lowest BCUT2D eigenvalue weighted by molar-refractivity contribution is -0.138. The lowest BCUT2D eigenvalue weighted by Crippen LogP contribution is -2.58. The normalized spacial score (nSPS) is 15.4. The van der Waals surface area contributed by atoms with Crippen molar-refractivity contribution >= 4 is 15.9 Å². The third-order valence-corrected chi connectivity index (χ3v) is 3.72. The number of rotatable bonds is 6. The van der Waals surface area contributed by atoms with Crippen molar-refractivity contribution in [3.8, 4) is 11.5 Å². The van der Waals surface area contributed by atoms with E-state index in [9.17, 15) is 13.2 Å². The van der Waals surface area contributed by atoms with Gasteiger partial charge in [0.15, 0.2) is 11.5 Å². The molecule has 0 radical (unpaired) electrons. The minimum Gasteiger partial charge on any atom is -0.493 e. The zero-order chi connectivity index (χ0) is 15.5. The minimum atomic E-state index is -3.35. The third-order valence-electron chi connectivity index (χ3n) is 3.05. The number of nitrogens with one attached hydrogen (secondary N) is 1. The number of hydrogen-bond acceptors (Lipinski definition) is 5. The maximum atomic E-state index is 11.7. The Morgan fingerprint density at radius 1 is 1.33 bits per heavy atom. The van der Waals surface area contributed by atoms with Gasteiger partial charge in [0.1, 0.15) is 6.10 Å². The zero-order valence-electron chi connectivity index (χ0n) is 11.9. The van der Waals surface area contributed by atoms with Crippen molar-refractivity contribution < 1.29 is 22.7 Å². The van der Waals surface area contributed by atoms with Gasteiger partial charge in [0.05, 0.1) is 33.0 Å². The molecule has 0 spiro atoms. The van der Waals surface area contributed by atoms with Gasteiger partial charge in [-0.3, -0.25) is 4.79 Å². The molecule has 0 unspecified atom stereocenters. The van der Waals surface area contributed by atoms with E-state index in [4.69, 9.17) is 9.47 Å². The predicted octanol–water partition coefficient (Wildman–Crippen LogP) is -0.166. The van der Waals surface area contributed by atoms with Gasteiger partial charge in [-0.15, -0.1) is 0 Å². The number of benzene rings is 1. The lowest BCUT2D eigenvalue weighted by Gasteiger charge is -2.39. The van der Waals surface area contributed by atoms with E-state index in [2.05, 4.69) is 4.72 Å². The van der Waals surface area contributed by atoms with E-state index in [0.717, 1.165) is 6.26 Å². The first-order valence-electron chi connectivity index (χ1n) is 6.41. The Kier molecular flexibility index (Phi) is 4.69. The Morgan fingerprint density at radius 3 is 2.52 bits per heavy atom. The minimum absolute atomic E-state index is 0.108. The van der Waals surface area contributed by atoms with Gasteiger partial charge in [0, 0.05) is 0 Å². The van der Waals surface area contributed by atoms with Crippen molar-refractivity contribution in [3.63, 3.8) is 0 Å². The predicted molar refractivity (Wildman–Crippen MR) is 76.8 cm³/mol. The highest BCUT2D eigenvalue weighted by molar-refractivity contribution is 7.88. The number of amides is 1. The molecule has 7 nitrogen and oxygen atoms in total. The fourth-order valence-corrected chi connectivity index (χ4v) is 2.30. The second kappa shape index (κ2) is 6.31. The number of methoxy groups -OCH3 is 1. The first-order valence-corrected chi connectivity index (χ1v) is 8.30. The maximum Gasteiger partial charge on any atom is 0.237 e. The van der Waals surface area contributed by atoms with E-state index in [-0.39, 0.29) is 18.6 Å². The molecular weight excluding hydrogens is 296 g/mol. The fraction of sp³-hybridized carbons (Fsp3) is 0.462. The average Bonchev–Trinajstić information content (AvgIpc) is 2.39. The molecule has 1 aromatic carbocycles. The number of sulfonamides is 1. The molecule has 0 aromatic heterocycles. The molecule has 1 aromatic rings. The van der Waals surface area contributed by atoms with Gasteiger partial charge >= 0.3 is 0 Å². The van der Waals surface area contributed by atoms with Crippen LogP contribution >= 0.6 is 0 Å². The highest BCUT2D eigenvalue weighted by Gasteiger charge is 2.32. The Bertz CT molecular complexity index is 611. The SMILES string of the molecule is COc1ccccc1OC1CN(C(=O)CNS(C)(=O)=O)C1. The van der Waals surface area contributed by atoms with Gasteiger partial charge in [0.25, 0.3) is 0 Å². The summed E-state index contributed by atoms with van der Waals surface area (Å²) >= 11 is 0. The first-order chi connectivity index (χ1) is 9.89. The molecule has 0 bridgehead atoms. The summed E-state index contributed by atoms with van der Waals surface area (Å²) in [7, 11) is -1.79. The Morgan fingerprint density at radius 2 is 1.95 bits per heavy atom. The van der Waals surface area contributed by atoms with Crippen LogP contribution in [-0.2, 0) is 14.8 Å². The fourth-order valence-electron chi connectivity index (χ4n) is 1.92. The zero-order valence-corrected chi connectivity index (χ0v) is 12.7. The number of carbonyl (C=O) groups is 1. The summed E-state index contributed by atoms with van der Waals surface area (Å²) in [4.78, 5) is 13.3. The molecular formula is C13H18N2O5S. The first kappa shape index (κ1) is 15.6. The number of para-hydroxylation sites is 2. The van der Waals surface area contributed by atoms with Crippen LogP contribution in [-0.4, -0.2) is 58.3 Å². The summed E-state index contributed by atoms with van der Waals surface area (Å²) in [6.07, 6.45) is 0.910. The van der Waals surface area contributed by atoms with E-state index in [0.29, 0.717) is 24.6 Å². The smallest absolute Gasteiger partial charge is 0.237 e. The van der Waals surface area contributed by atoms with E-state index in [1.54, 1.807) is 19.2 Å². The van der Waals surface area contributed by atoms with Crippen molar-refractivity contribution in [2.45, 2.75) is 6.10 Å². The van der Waals surface area contributed by atoms with Gasteiger partial charge in [-0.2, -0.15) is 0 Å². The molecule has 1 saturated heterocycles. The Labute approximate surface area is 123 Å². The van der Waals surface area contributed by atoms with Crippen LogP contribution in [0.25, 0.3) is 0 Å². The Balaban J connectivity index is 1.80. The lowest BCUT2D eigenvalue weighted by atomic mass is 10.1.